The second-order valence-electron chi connectivity index (χ2n) is 6.78. The van der Waals surface area contributed by atoms with Crippen LogP contribution in [0.15, 0.2) is 29.6 Å². The molecule has 152 valence electrons. The third kappa shape index (κ3) is 3.25. The first-order chi connectivity index (χ1) is 14.3. The van der Waals surface area contributed by atoms with Crippen molar-refractivity contribution >= 4 is 35.1 Å². The van der Waals surface area contributed by atoms with E-state index in [9.17, 15) is 19.2 Å². The summed E-state index contributed by atoms with van der Waals surface area (Å²) in [6.07, 6.45) is 0. The van der Waals surface area contributed by atoms with Crippen LogP contribution in [0.3, 0.4) is 0 Å². The Bertz CT molecular complexity index is 1160. The first-order valence-electron chi connectivity index (χ1n) is 8.83. The van der Waals surface area contributed by atoms with Crippen LogP contribution in [0.2, 0.25) is 0 Å². The standard InChI is InChI=1S/C20H16N4O5S/c1-29-13-3-2-12-9-24(17(26)14(12)8-13)10-20(18(27)22-19(28)23-20)6-4-11-5-7-30-15(11)16(21)25/h2-3,5,7-8H,9-10H2,1H3,(H2,21,25)(H2,22,23,27,28)/t20-/m1/s1. The Hall–Kier alpha value is -3.84. The van der Waals surface area contributed by atoms with Crippen LogP contribution in [0.1, 0.15) is 31.2 Å². The van der Waals surface area contributed by atoms with Crippen molar-refractivity contribution in [3.05, 3.63) is 51.2 Å². The Balaban J connectivity index is 1.67. The molecule has 3 heterocycles. The SMILES string of the molecule is COc1ccc2c(c1)C(=O)N(C[C@@]1(C#Cc3ccsc3C(N)=O)NC(=O)NC1=O)C2. The van der Waals surface area contributed by atoms with Crippen LogP contribution in [-0.2, 0) is 11.3 Å². The summed E-state index contributed by atoms with van der Waals surface area (Å²) in [4.78, 5) is 50.6. The van der Waals surface area contributed by atoms with Crippen LogP contribution in [0.4, 0.5) is 4.79 Å². The van der Waals surface area contributed by atoms with Gasteiger partial charge in [0, 0.05) is 17.7 Å². The number of amides is 5. The van der Waals surface area contributed by atoms with Crippen molar-refractivity contribution in [1.82, 2.24) is 15.5 Å². The molecular formula is C20H16N4O5S. The molecule has 1 atom stereocenters. The summed E-state index contributed by atoms with van der Waals surface area (Å²) in [6, 6.07) is 6.05. The fourth-order valence-electron chi connectivity index (χ4n) is 3.38. The van der Waals surface area contributed by atoms with Crippen molar-refractivity contribution in [3.63, 3.8) is 0 Å². The van der Waals surface area contributed by atoms with E-state index in [2.05, 4.69) is 22.5 Å². The van der Waals surface area contributed by atoms with Crippen LogP contribution in [0, 0.1) is 11.8 Å². The van der Waals surface area contributed by atoms with Crippen molar-refractivity contribution in [2.45, 2.75) is 12.1 Å². The summed E-state index contributed by atoms with van der Waals surface area (Å²) < 4.78 is 5.17. The first kappa shape index (κ1) is 19.5. The summed E-state index contributed by atoms with van der Waals surface area (Å²) in [5.41, 5.74) is 5.28. The number of primary amides is 1. The molecule has 10 heteroatoms. The van der Waals surface area contributed by atoms with Gasteiger partial charge in [0.05, 0.1) is 13.7 Å². The number of hydrogen-bond acceptors (Lipinski definition) is 6. The molecule has 0 saturated carbocycles. The minimum absolute atomic E-state index is 0.163. The van der Waals surface area contributed by atoms with Gasteiger partial charge in [-0.15, -0.1) is 11.3 Å². The van der Waals surface area contributed by atoms with E-state index >= 15 is 0 Å². The minimum Gasteiger partial charge on any atom is -0.497 e. The van der Waals surface area contributed by atoms with Crippen LogP contribution < -0.4 is 21.1 Å². The number of nitrogens with two attached hydrogens (primary N) is 1. The van der Waals surface area contributed by atoms with Gasteiger partial charge in [0.15, 0.2) is 0 Å². The molecule has 0 aliphatic carbocycles. The van der Waals surface area contributed by atoms with E-state index in [4.69, 9.17) is 10.5 Å². The molecule has 1 saturated heterocycles. The monoisotopic (exact) mass is 424 g/mol. The van der Waals surface area contributed by atoms with Gasteiger partial charge < -0.3 is 20.7 Å². The molecule has 9 nitrogen and oxygen atoms in total. The molecule has 0 unspecified atom stereocenters. The van der Waals surface area contributed by atoms with E-state index in [-0.39, 0.29) is 23.9 Å². The van der Waals surface area contributed by atoms with Crippen LogP contribution in [-0.4, -0.2) is 47.8 Å². The van der Waals surface area contributed by atoms with E-state index in [1.165, 1.54) is 12.0 Å². The topological polar surface area (TPSA) is 131 Å². The summed E-state index contributed by atoms with van der Waals surface area (Å²) in [5, 5.41) is 6.34. The maximum atomic E-state index is 12.9. The molecule has 0 radical (unpaired) electrons. The Morgan fingerprint density at radius 1 is 1.33 bits per heavy atom. The highest BCUT2D eigenvalue weighted by Crippen LogP contribution is 2.28. The van der Waals surface area contributed by atoms with E-state index < -0.39 is 23.4 Å². The van der Waals surface area contributed by atoms with Gasteiger partial charge in [-0.1, -0.05) is 17.9 Å². The van der Waals surface area contributed by atoms with Crippen LogP contribution >= 0.6 is 11.3 Å². The van der Waals surface area contributed by atoms with E-state index in [1.807, 2.05) is 0 Å². The lowest BCUT2D eigenvalue weighted by Crippen LogP contribution is -2.54. The number of carbonyl (C=O) groups excluding carboxylic acids is 4. The lowest BCUT2D eigenvalue weighted by Gasteiger charge is -2.26. The second kappa shape index (κ2) is 7.20. The number of fused-ring (bicyclic) bond motifs is 1. The lowest BCUT2D eigenvalue weighted by atomic mass is 9.99. The number of thiophene rings is 1. The van der Waals surface area contributed by atoms with Gasteiger partial charge in [0.1, 0.15) is 10.6 Å². The number of carbonyl (C=O) groups is 4. The number of nitrogens with one attached hydrogen (secondary N) is 2. The maximum Gasteiger partial charge on any atom is 0.323 e. The van der Waals surface area contributed by atoms with Crippen molar-refractivity contribution in [2.24, 2.45) is 5.73 Å². The first-order valence-corrected chi connectivity index (χ1v) is 9.71. The molecule has 2 aliphatic rings. The molecule has 2 aliphatic heterocycles. The molecule has 0 spiro atoms. The highest BCUT2D eigenvalue weighted by atomic mass is 32.1. The molecule has 4 rings (SSSR count). The molecule has 1 fully saturated rings. The Labute approximate surface area is 175 Å². The van der Waals surface area contributed by atoms with Gasteiger partial charge >= 0.3 is 6.03 Å². The van der Waals surface area contributed by atoms with Crippen molar-refractivity contribution in [2.75, 3.05) is 13.7 Å². The molecule has 4 N–H and O–H groups in total. The quantitative estimate of drug-likeness (QED) is 0.484. The van der Waals surface area contributed by atoms with Crippen molar-refractivity contribution in [3.8, 4) is 17.6 Å². The van der Waals surface area contributed by atoms with E-state index in [1.54, 1.807) is 29.6 Å². The van der Waals surface area contributed by atoms with Crippen LogP contribution in [0.5, 0.6) is 5.75 Å². The molecule has 5 amide bonds. The molecule has 2 aromatic rings. The van der Waals surface area contributed by atoms with E-state index in [0.29, 0.717) is 16.9 Å². The number of urea groups is 1. The predicted octanol–water partition coefficient (Wildman–Crippen LogP) is 0.441. The van der Waals surface area contributed by atoms with Crippen LogP contribution in [0.25, 0.3) is 0 Å². The predicted molar refractivity (Wildman–Crippen MR) is 107 cm³/mol. The average molecular weight is 424 g/mol. The Kier molecular flexibility index (Phi) is 4.67. The normalized spacial score (nSPS) is 19.6. The number of methoxy groups -OCH3 is 1. The number of ether oxygens (including phenoxy) is 1. The fourth-order valence-corrected chi connectivity index (χ4v) is 4.09. The average Bonchev–Trinajstić information content (AvgIpc) is 3.38. The summed E-state index contributed by atoms with van der Waals surface area (Å²) >= 11 is 1.13. The van der Waals surface area contributed by atoms with Gasteiger partial charge in [0.25, 0.3) is 17.7 Å². The third-order valence-electron chi connectivity index (χ3n) is 4.87. The zero-order chi connectivity index (χ0) is 21.5. The molecule has 1 aromatic carbocycles. The van der Waals surface area contributed by atoms with E-state index in [0.717, 1.165) is 16.9 Å². The largest absolute Gasteiger partial charge is 0.497 e. The number of nitrogens with zero attached hydrogens (tertiary/aromatic N) is 1. The maximum absolute atomic E-state index is 12.9. The van der Waals surface area contributed by atoms with Gasteiger partial charge in [-0.3, -0.25) is 19.7 Å². The molecule has 1 aromatic heterocycles. The van der Waals surface area contributed by atoms with Gasteiger partial charge in [-0.2, -0.15) is 0 Å². The van der Waals surface area contributed by atoms with Gasteiger partial charge in [0.2, 0.25) is 5.54 Å². The van der Waals surface area contributed by atoms with Crippen molar-refractivity contribution in [1.29, 1.82) is 0 Å². The Morgan fingerprint density at radius 2 is 2.13 bits per heavy atom. The highest BCUT2D eigenvalue weighted by molar-refractivity contribution is 7.12. The van der Waals surface area contributed by atoms with Gasteiger partial charge in [-0.05, 0) is 29.1 Å². The summed E-state index contributed by atoms with van der Waals surface area (Å²) in [7, 11) is 1.51. The Morgan fingerprint density at radius 3 is 2.80 bits per heavy atom. The lowest BCUT2D eigenvalue weighted by molar-refractivity contribution is -0.122. The molecule has 0 bridgehead atoms. The smallest absolute Gasteiger partial charge is 0.323 e. The second-order valence-corrected chi connectivity index (χ2v) is 7.69. The number of hydrogen-bond donors (Lipinski definition) is 3. The number of rotatable bonds is 4. The highest BCUT2D eigenvalue weighted by Gasteiger charge is 2.48. The minimum atomic E-state index is -1.66. The summed E-state index contributed by atoms with van der Waals surface area (Å²) in [6.45, 7) is 0.0964. The van der Waals surface area contributed by atoms with Gasteiger partial charge in [-0.25, -0.2) is 4.79 Å². The third-order valence-corrected chi connectivity index (χ3v) is 5.79. The fraction of sp³-hybridized carbons (Fsp3) is 0.200. The molecule has 30 heavy (non-hydrogen) atoms. The molecular weight excluding hydrogens is 408 g/mol. The van der Waals surface area contributed by atoms with Crippen molar-refractivity contribution < 1.29 is 23.9 Å². The number of imide groups is 1. The zero-order valence-electron chi connectivity index (χ0n) is 15.8. The summed E-state index contributed by atoms with van der Waals surface area (Å²) in [5.74, 6) is 4.46. The number of benzene rings is 1. The zero-order valence-corrected chi connectivity index (χ0v) is 16.6.